The molecule has 0 unspecified atom stereocenters. The zero-order chi connectivity index (χ0) is 16.3. The number of para-hydroxylation sites is 1. The van der Waals surface area contributed by atoms with E-state index in [1.54, 1.807) is 6.07 Å². The van der Waals surface area contributed by atoms with Crippen molar-refractivity contribution < 1.29 is 4.79 Å². The number of aromatic nitrogens is 2. The largest absolute Gasteiger partial charge is 0.366 e. The number of nitrogens with one attached hydrogen (secondary N) is 1. The number of halogens is 1. The van der Waals surface area contributed by atoms with Crippen molar-refractivity contribution in [1.29, 1.82) is 0 Å². The summed E-state index contributed by atoms with van der Waals surface area (Å²) >= 11 is 0. The molecule has 1 aliphatic heterocycles. The number of likely N-dealkylation sites (N-methyl/N-ethyl adjacent to an activating group) is 1. The number of imidazole rings is 1. The van der Waals surface area contributed by atoms with Gasteiger partial charge in [-0.2, -0.15) is 0 Å². The Bertz CT molecular complexity index is 804. The van der Waals surface area contributed by atoms with E-state index in [1.807, 2.05) is 12.1 Å². The van der Waals surface area contributed by atoms with Gasteiger partial charge < -0.3 is 10.7 Å². The molecule has 3 rings (SSSR count). The smallest absolute Gasteiger partial charge is 0.250 e. The van der Waals surface area contributed by atoms with Crippen molar-refractivity contribution in [2.45, 2.75) is 38.8 Å². The fourth-order valence-corrected chi connectivity index (χ4v) is 3.24. The summed E-state index contributed by atoms with van der Waals surface area (Å²) in [7, 11) is 2.11. The lowest BCUT2D eigenvalue weighted by atomic mass is 9.95. The Morgan fingerprint density at radius 2 is 1.91 bits per heavy atom. The predicted molar refractivity (Wildman–Crippen MR) is 95.8 cm³/mol. The zero-order valence-electron chi connectivity index (χ0n) is 14.1. The van der Waals surface area contributed by atoms with E-state index in [0.717, 1.165) is 16.9 Å². The summed E-state index contributed by atoms with van der Waals surface area (Å²) in [5.41, 5.74) is 8.29. The van der Waals surface area contributed by atoms with Crippen LogP contribution in [0.1, 0.15) is 43.9 Å². The average molecular weight is 335 g/mol. The van der Waals surface area contributed by atoms with E-state index in [2.05, 4.69) is 55.7 Å². The summed E-state index contributed by atoms with van der Waals surface area (Å²) in [6, 6.07) is 5.43. The van der Waals surface area contributed by atoms with Crippen LogP contribution in [0.3, 0.4) is 0 Å². The van der Waals surface area contributed by atoms with Gasteiger partial charge in [-0.1, -0.05) is 12.1 Å². The Labute approximate surface area is 142 Å². The molecule has 23 heavy (non-hydrogen) atoms. The number of primary amides is 1. The number of nitrogens with zero attached hydrogens (tertiary/aromatic N) is 2. The number of aromatic amines is 1. The third-order valence-electron chi connectivity index (χ3n) is 4.89. The van der Waals surface area contributed by atoms with Gasteiger partial charge in [0, 0.05) is 16.7 Å². The molecule has 0 spiro atoms. The van der Waals surface area contributed by atoms with Gasteiger partial charge in [-0.05, 0) is 46.9 Å². The molecule has 0 bridgehead atoms. The molecule has 0 saturated heterocycles. The second-order valence-corrected chi connectivity index (χ2v) is 6.98. The molecule has 5 nitrogen and oxygen atoms in total. The number of fused-ring (bicyclic) bond motifs is 1. The van der Waals surface area contributed by atoms with Crippen LogP contribution in [0.2, 0.25) is 0 Å². The van der Waals surface area contributed by atoms with Crippen LogP contribution in [0.5, 0.6) is 0 Å². The van der Waals surface area contributed by atoms with Crippen LogP contribution in [0.25, 0.3) is 16.6 Å². The van der Waals surface area contributed by atoms with E-state index in [4.69, 9.17) is 5.73 Å². The van der Waals surface area contributed by atoms with E-state index in [9.17, 15) is 4.79 Å². The van der Waals surface area contributed by atoms with E-state index >= 15 is 0 Å². The first kappa shape index (κ1) is 17.5. The summed E-state index contributed by atoms with van der Waals surface area (Å²) < 4.78 is 0. The van der Waals surface area contributed by atoms with Crippen molar-refractivity contribution in [1.82, 2.24) is 14.9 Å². The number of hydrogen-bond acceptors (Lipinski definition) is 3. The molecular weight excluding hydrogens is 312 g/mol. The van der Waals surface area contributed by atoms with Gasteiger partial charge in [-0.15, -0.1) is 12.4 Å². The molecule has 1 aromatic heterocycles. The van der Waals surface area contributed by atoms with Gasteiger partial charge in [0.1, 0.15) is 11.3 Å². The number of H-pyrrole nitrogens is 1. The minimum atomic E-state index is -0.458. The number of rotatable bonds is 2. The van der Waals surface area contributed by atoms with Gasteiger partial charge in [0.25, 0.3) is 5.91 Å². The number of benzene rings is 1. The number of nitrogens with two attached hydrogens (primary N) is 1. The lowest BCUT2D eigenvalue weighted by Gasteiger charge is -2.38. The maximum absolute atomic E-state index is 11.6. The fourth-order valence-electron chi connectivity index (χ4n) is 3.24. The molecule has 0 saturated carbocycles. The first-order valence-electron chi connectivity index (χ1n) is 7.41. The monoisotopic (exact) mass is 334 g/mol. The molecule has 0 fully saturated rings. The van der Waals surface area contributed by atoms with Gasteiger partial charge in [0.15, 0.2) is 0 Å². The van der Waals surface area contributed by atoms with E-state index in [1.165, 1.54) is 0 Å². The Hall–Kier alpha value is -1.85. The Morgan fingerprint density at radius 1 is 1.26 bits per heavy atom. The molecule has 0 radical (unpaired) electrons. The minimum Gasteiger partial charge on any atom is -0.366 e. The summed E-state index contributed by atoms with van der Waals surface area (Å²) in [4.78, 5) is 21.9. The second-order valence-electron chi connectivity index (χ2n) is 6.98. The van der Waals surface area contributed by atoms with E-state index < -0.39 is 5.91 Å². The van der Waals surface area contributed by atoms with Gasteiger partial charge in [-0.25, -0.2) is 4.98 Å². The quantitative estimate of drug-likeness (QED) is 0.886. The molecule has 0 atom stereocenters. The van der Waals surface area contributed by atoms with Crippen molar-refractivity contribution in [3.63, 3.8) is 0 Å². The molecule has 1 aliphatic rings. The Balaban J connectivity index is 0.00000192. The Kier molecular flexibility index (Phi) is 4.07. The molecule has 3 N–H and O–H groups in total. The molecule has 0 aliphatic carbocycles. The second kappa shape index (κ2) is 5.35. The highest BCUT2D eigenvalue weighted by molar-refractivity contribution is 6.04. The first-order chi connectivity index (χ1) is 10.1. The van der Waals surface area contributed by atoms with E-state index in [-0.39, 0.29) is 23.5 Å². The molecule has 6 heteroatoms. The van der Waals surface area contributed by atoms with Crippen molar-refractivity contribution in [2.75, 3.05) is 7.05 Å². The number of amides is 1. The summed E-state index contributed by atoms with van der Waals surface area (Å²) in [5, 5.41) is 0. The molecule has 1 aromatic carbocycles. The highest BCUT2D eigenvalue weighted by Crippen LogP contribution is 2.43. The predicted octanol–water partition coefficient (Wildman–Crippen LogP) is 2.97. The zero-order valence-corrected chi connectivity index (χ0v) is 14.9. The van der Waals surface area contributed by atoms with Crippen LogP contribution in [0, 0.1) is 0 Å². The van der Waals surface area contributed by atoms with Crippen molar-refractivity contribution in [3.05, 3.63) is 35.7 Å². The van der Waals surface area contributed by atoms with Crippen LogP contribution >= 0.6 is 12.4 Å². The average Bonchev–Trinajstić information content (AvgIpc) is 2.92. The highest BCUT2D eigenvalue weighted by atomic mass is 35.5. The third kappa shape index (κ3) is 2.54. The van der Waals surface area contributed by atoms with Gasteiger partial charge in [-0.3, -0.25) is 9.69 Å². The van der Waals surface area contributed by atoms with Crippen molar-refractivity contribution in [2.24, 2.45) is 5.73 Å². The Morgan fingerprint density at radius 3 is 2.43 bits per heavy atom. The van der Waals surface area contributed by atoms with Gasteiger partial charge >= 0.3 is 0 Å². The minimum absolute atomic E-state index is 0. The summed E-state index contributed by atoms with van der Waals surface area (Å²) in [5.74, 6) is 0.340. The van der Waals surface area contributed by atoms with Crippen LogP contribution in [0.15, 0.2) is 24.3 Å². The highest BCUT2D eigenvalue weighted by Gasteiger charge is 2.44. The number of hydrogen-bond donors (Lipinski definition) is 2. The van der Waals surface area contributed by atoms with E-state index in [0.29, 0.717) is 11.1 Å². The molecule has 124 valence electrons. The maximum Gasteiger partial charge on any atom is 0.250 e. The third-order valence-corrected chi connectivity index (χ3v) is 4.89. The standard InChI is InChI=1S/C17H22N4O.ClH/c1-16(2)9-11(17(3,4)21(16)5)15-19-12-8-6-7-10(14(18)22)13(12)20-15;/h6-9H,1-5H3,(H2,18,22)(H,19,20);1H. The topological polar surface area (TPSA) is 75.0 Å². The molecule has 2 aromatic rings. The van der Waals surface area contributed by atoms with Crippen molar-refractivity contribution in [3.8, 4) is 0 Å². The first-order valence-corrected chi connectivity index (χ1v) is 7.41. The van der Waals surface area contributed by atoms with Gasteiger partial charge in [0.05, 0.1) is 11.1 Å². The SMILES string of the molecule is CN1C(C)(C)C=C(c2nc3c(C(N)=O)cccc3[nH]2)C1(C)C.Cl. The van der Waals surface area contributed by atoms with Gasteiger partial charge in [0.2, 0.25) is 0 Å². The van der Waals surface area contributed by atoms with Crippen LogP contribution in [-0.2, 0) is 0 Å². The summed E-state index contributed by atoms with van der Waals surface area (Å²) in [6.45, 7) is 8.71. The van der Waals surface area contributed by atoms with Crippen LogP contribution in [0.4, 0.5) is 0 Å². The number of carbonyl (C=O) groups excluding carboxylic acids is 1. The normalized spacial score (nSPS) is 19.4. The number of carbonyl (C=O) groups is 1. The molecular formula is C17H23ClN4O. The van der Waals surface area contributed by atoms with Crippen LogP contribution < -0.4 is 5.73 Å². The fraction of sp³-hybridized carbons (Fsp3) is 0.412. The lowest BCUT2D eigenvalue weighted by molar-refractivity contribution is 0.100. The molecule has 1 amide bonds. The summed E-state index contributed by atoms with van der Waals surface area (Å²) in [6.07, 6.45) is 2.23. The van der Waals surface area contributed by atoms with Crippen LogP contribution in [-0.4, -0.2) is 38.9 Å². The maximum atomic E-state index is 11.6. The lowest BCUT2D eigenvalue weighted by Crippen LogP contribution is -2.47. The molecule has 2 heterocycles. The van der Waals surface area contributed by atoms with Crippen molar-refractivity contribution >= 4 is 34.9 Å².